The number of hydrogen-bond donors (Lipinski definition) is 4. The number of amides is 6. The Morgan fingerprint density at radius 3 is 1.95 bits per heavy atom. The van der Waals surface area contributed by atoms with E-state index in [0.29, 0.717) is 28.2 Å². The molecular formula is C41H47N7O9. The fourth-order valence-corrected chi connectivity index (χ4v) is 6.72. The highest BCUT2D eigenvalue weighted by Gasteiger charge is 2.37. The van der Waals surface area contributed by atoms with E-state index < -0.39 is 71.7 Å². The predicted octanol–water partition coefficient (Wildman–Crippen LogP) is 1.38. The number of nitriles is 1. The second-order valence-electron chi connectivity index (χ2n) is 14.2. The van der Waals surface area contributed by atoms with Gasteiger partial charge in [0.15, 0.2) is 11.5 Å². The Bertz CT molecular complexity index is 2070. The van der Waals surface area contributed by atoms with Gasteiger partial charge in [-0.2, -0.15) is 5.26 Å². The molecule has 16 nitrogen and oxygen atoms in total. The first kappa shape index (κ1) is 41.5. The van der Waals surface area contributed by atoms with Gasteiger partial charge >= 0.3 is 0 Å². The van der Waals surface area contributed by atoms with E-state index in [1.807, 2.05) is 0 Å². The zero-order chi connectivity index (χ0) is 41.6. The van der Waals surface area contributed by atoms with E-state index in [1.54, 1.807) is 54.6 Å². The average Bonchev–Trinajstić information content (AvgIpc) is 3.20. The summed E-state index contributed by atoms with van der Waals surface area (Å²) in [7, 11) is 5.80. The minimum Gasteiger partial charge on any atom is -0.497 e. The van der Waals surface area contributed by atoms with Crippen LogP contribution < -0.4 is 35.5 Å². The van der Waals surface area contributed by atoms with Gasteiger partial charge in [0.05, 0.1) is 25.9 Å². The molecule has 0 saturated carbocycles. The molecule has 3 heterocycles. The maximum atomic E-state index is 14.4. The van der Waals surface area contributed by atoms with E-state index in [1.165, 1.54) is 65.0 Å². The number of rotatable bonds is 4. The molecule has 4 N–H and O–H groups in total. The molecule has 6 atom stereocenters. The molecule has 3 aliphatic rings. The lowest BCUT2D eigenvalue weighted by molar-refractivity contribution is -0.145. The highest BCUT2D eigenvalue weighted by atomic mass is 16.5. The first-order valence-corrected chi connectivity index (χ1v) is 18.4. The van der Waals surface area contributed by atoms with Crippen LogP contribution in [0, 0.1) is 11.3 Å². The van der Waals surface area contributed by atoms with Gasteiger partial charge in [-0.15, -0.1) is 0 Å². The fourth-order valence-electron chi connectivity index (χ4n) is 6.72. The number of nitrogens with zero attached hydrogens (tertiary/aromatic N) is 3. The fraction of sp³-hybridized carbons (Fsp3) is 0.390. The quantitative estimate of drug-likeness (QED) is 0.299. The van der Waals surface area contributed by atoms with Crippen LogP contribution in [0.1, 0.15) is 43.0 Å². The Kier molecular flexibility index (Phi) is 13.0. The summed E-state index contributed by atoms with van der Waals surface area (Å²) >= 11 is 0. The number of nitrogens with one attached hydrogen (secondary N) is 4. The molecule has 0 spiro atoms. The lowest BCUT2D eigenvalue weighted by Gasteiger charge is -2.34. The van der Waals surface area contributed by atoms with Gasteiger partial charge in [0.2, 0.25) is 35.4 Å². The average molecular weight is 782 g/mol. The summed E-state index contributed by atoms with van der Waals surface area (Å²) < 4.78 is 16.9. The molecule has 0 aromatic heterocycles. The Labute approximate surface area is 330 Å². The van der Waals surface area contributed by atoms with E-state index in [0.717, 1.165) is 0 Å². The van der Waals surface area contributed by atoms with Crippen LogP contribution in [-0.2, 0) is 48.0 Å². The summed E-state index contributed by atoms with van der Waals surface area (Å²) in [6.45, 7) is 4.34. The molecule has 1 saturated heterocycles. The molecular weight excluding hydrogens is 734 g/mol. The molecule has 16 heteroatoms. The van der Waals surface area contributed by atoms with Crippen LogP contribution in [0.2, 0.25) is 0 Å². The summed E-state index contributed by atoms with van der Waals surface area (Å²) in [4.78, 5) is 86.3. The van der Waals surface area contributed by atoms with E-state index in [-0.39, 0.29) is 36.3 Å². The summed E-state index contributed by atoms with van der Waals surface area (Å²) in [5, 5.41) is 20.8. The van der Waals surface area contributed by atoms with Crippen molar-refractivity contribution in [2.45, 2.75) is 76.3 Å². The molecule has 6 bridgehead atoms. The summed E-state index contributed by atoms with van der Waals surface area (Å²) in [6.07, 6.45) is -0.175. The van der Waals surface area contributed by atoms with Crippen LogP contribution in [0.15, 0.2) is 60.7 Å². The number of carbonyl (C=O) groups is 6. The molecule has 0 radical (unpaired) electrons. The number of fused-ring (bicyclic) bond motifs is 2. The molecule has 6 rings (SSSR count). The van der Waals surface area contributed by atoms with Gasteiger partial charge in [-0.05, 0) is 67.8 Å². The number of carbonyl (C=O) groups excluding carboxylic acids is 6. The minimum atomic E-state index is -1.36. The second-order valence-corrected chi connectivity index (χ2v) is 14.2. The summed E-state index contributed by atoms with van der Waals surface area (Å²) in [5.74, 6) is -2.52. The van der Waals surface area contributed by atoms with E-state index in [4.69, 9.17) is 14.2 Å². The summed E-state index contributed by atoms with van der Waals surface area (Å²) in [6, 6.07) is 11.6. The maximum Gasteiger partial charge on any atom is 0.245 e. The Balaban J connectivity index is 1.58. The Morgan fingerprint density at radius 1 is 0.719 bits per heavy atom. The van der Waals surface area contributed by atoms with Gasteiger partial charge in [-0.1, -0.05) is 24.3 Å². The topological polar surface area (TPSA) is 208 Å². The SMILES string of the molecule is COc1ccc(C[C@H]2C(=O)N[C@@H](C)C(=O)N(C)[C@H]3Cc4ccc(cc4)Oc4cc(c(C#N)cc4OC)C[C@H](NC3=O)C(=O)NC(C)C(=O)N[C@@H](C)C(=O)N2C)cc1. The summed E-state index contributed by atoms with van der Waals surface area (Å²) in [5.41, 5.74) is 1.80. The van der Waals surface area contributed by atoms with Crippen molar-refractivity contribution >= 4 is 35.4 Å². The second kappa shape index (κ2) is 17.9. The third-order valence-corrected chi connectivity index (χ3v) is 10.2. The van der Waals surface area contributed by atoms with E-state index >= 15 is 0 Å². The predicted molar refractivity (Wildman–Crippen MR) is 206 cm³/mol. The molecule has 6 amide bonds. The third kappa shape index (κ3) is 9.61. The minimum absolute atomic E-state index is 0.00451. The highest BCUT2D eigenvalue weighted by Crippen LogP contribution is 2.35. The Hall–Kier alpha value is -6.63. The van der Waals surface area contributed by atoms with Crippen molar-refractivity contribution in [1.29, 1.82) is 5.26 Å². The zero-order valence-electron chi connectivity index (χ0n) is 32.9. The van der Waals surface area contributed by atoms with Crippen LogP contribution in [0.25, 0.3) is 0 Å². The molecule has 1 fully saturated rings. The van der Waals surface area contributed by atoms with Crippen molar-refractivity contribution in [3.63, 3.8) is 0 Å². The van der Waals surface area contributed by atoms with Crippen LogP contribution in [0.3, 0.4) is 0 Å². The lowest BCUT2D eigenvalue weighted by Crippen LogP contribution is -2.61. The van der Waals surface area contributed by atoms with Crippen LogP contribution in [-0.4, -0.2) is 110 Å². The smallest absolute Gasteiger partial charge is 0.245 e. The van der Waals surface area contributed by atoms with Gasteiger partial charge in [0.25, 0.3) is 0 Å². The molecule has 0 aliphatic carbocycles. The van der Waals surface area contributed by atoms with Crippen molar-refractivity contribution in [2.24, 2.45) is 0 Å². The van der Waals surface area contributed by atoms with E-state index in [2.05, 4.69) is 27.3 Å². The Morgan fingerprint density at radius 2 is 1.33 bits per heavy atom. The molecule has 3 aliphatic heterocycles. The molecule has 300 valence electrons. The van der Waals surface area contributed by atoms with Crippen molar-refractivity contribution in [3.8, 4) is 29.1 Å². The van der Waals surface area contributed by atoms with Gasteiger partial charge in [-0.3, -0.25) is 28.8 Å². The molecule has 57 heavy (non-hydrogen) atoms. The third-order valence-electron chi connectivity index (χ3n) is 10.2. The van der Waals surface area contributed by atoms with Crippen LogP contribution >= 0.6 is 0 Å². The van der Waals surface area contributed by atoms with Gasteiger partial charge < -0.3 is 45.3 Å². The molecule has 3 aromatic carbocycles. The first-order chi connectivity index (χ1) is 27.1. The monoisotopic (exact) mass is 781 g/mol. The van der Waals surface area contributed by atoms with Gasteiger partial charge in [0, 0.05) is 39.4 Å². The van der Waals surface area contributed by atoms with Gasteiger partial charge in [0.1, 0.15) is 47.8 Å². The van der Waals surface area contributed by atoms with Crippen molar-refractivity contribution in [2.75, 3.05) is 28.3 Å². The number of likely N-dealkylation sites (N-methyl/N-ethyl adjacent to an activating group) is 2. The highest BCUT2D eigenvalue weighted by molar-refractivity contribution is 5.98. The van der Waals surface area contributed by atoms with Crippen molar-refractivity contribution in [1.82, 2.24) is 31.1 Å². The number of benzene rings is 3. The van der Waals surface area contributed by atoms with Crippen molar-refractivity contribution < 1.29 is 43.0 Å². The van der Waals surface area contributed by atoms with Crippen LogP contribution in [0.5, 0.6) is 23.0 Å². The standard InChI is InChI=1S/C41H47N7O9/c1-22-36(49)44-23(2)40(53)47(4)32(16-25-8-12-29(55-6)13-9-25)38(51)45-24(3)41(54)48(5)33-17-26-10-14-30(15-11-26)57-35-19-27(28(21-42)20-34(35)56-7)18-31(37(50)43-22)46-39(33)52/h8-15,19-20,22-24,31-33H,16-18H2,1-7H3,(H,43,50)(H,44,49)(H,45,51)(H,46,52)/t22?,23-,24-,31-,32-,33-/m0/s1. The zero-order valence-corrected chi connectivity index (χ0v) is 32.9. The maximum absolute atomic E-state index is 14.4. The number of hydrogen-bond acceptors (Lipinski definition) is 10. The largest absolute Gasteiger partial charge is 0.497 e. The first-order valence-electron chi connectivity index (χ1n) is 18.4. The van der Waals surface area contributed by atoms with Crippen molar-refractivity contribution in [3.05, 3.63) is 82.9 Å². The van der Waals surface area contributed by atoms with Gasteiger partial charge in [-0.25, -0.2) is 0 Å². The molecule has 1 unspecified atom stereocenters. The van der Waals surface area contributed by atoms with E-state index in [9.17, 15) is 34.0 Å². The normalized spacial score (nSPS) is 23.8. The number of ether oxygens (including phenoxy) is 3. The number of methoxy groups -OCH3 is 2. The lowest BCUT2D eigenvalue weighted by atomic mass is 9.97. The van der Waals surface area contributed by atoms with Crippen LogP contribution in [0.4, 0.5) is 0 Å². The molecule has 3 aromatic rings.